The van der Waals surface area contributed by atoms with E-state index in [0.717, 1.165) is 22.8 Å². The third-order valence-electron chi connectivity index (χ3n) is 5.26. The standard InChI is InChI=1S/C23H22Cl2N4O3/c1-31-19-7-3-2-5-16(19)18-9-10-21(27-26-18)28-11-13-29(14-12-28)22(30)15-32-20-8-4-6-17(24)23(20)25/h2-10H,11-15H2,1H3. The van der Waals surface area contributed by atoms with Gasteiger partial charge in [-0.25, -0.2) is 0 Å². The summed E-state index contributed by atoms with van der Waals surface area (Å²) in [6.07, 6.45) is 0. The molecular formula is C23H22Cl2N4O3. The average molecular weight is 473 g/mol. The Morgan fingerprint density at radius 2 is 1.69 bits per heavy atom. The van der Waals surface area contributed by atoms with Gasteiger partial charge in [0.15, 0.2) is 12.4 Å². The molecule has 1 fully saturated rings. The minimum absolute atomic E-state index is 0.0898. The number of aromatic nitrogens is 2. The second kappa shape index (κ2) is 10.1. The lowest BCUT2D eigenvalue weighted by atomic mass is 10.1. The number of hydrogen-bond donors (Lipinski definition) is 0. The number of benzene rings is 2. The van der Waals surface area contributed by atoms with E-state index in [1.807, 2.05) is 36.4 Å². The summed E-state index contributed by atoms with van der Waals surface area (Å²) in [5, 5.41) is 9.45. The quantitative estimate of drug-likeness (QED) is 0.535. The van der Waals surface area contributed by atoms with Gasteiger partial charge in [0.1, 0.15) is 16.5 Å². The molecule has 166 valence electrons. The Kier molecular flexibility index (Phi) is 6.97. The van der Waals surface area contributed by atoms with Gasteiger partial charge in [0.25, 0.3) is 5.91 Å². The number of methoxy groups -OCH3 is 1. The summed E-state index contributed by atoms with van der Waals surface area (Å²) < 4.78 is 11.0. The zero-order chi connectivity index (χ0) is 22.5. The van der Waals surface area contributed by atoms with Gasteiger partial charge in [0.2, 0.25) is 0 Å². The van der Waals surface area contributed by atoms with Gasteiger partial charge in [0, 0.05) is 31.7 Å². The van der Waals surface area contributed by atoms with Gasteiger partial charge in [0.05, 0.1) is 17.8 Å². The molecule has 0 spiro atoms. The van der Waals surface area contributed by atoms with Crippen LogP contribution in [0.1, 0.15) is 0 Å². The van der Waals surface area contributed by atoms with Crippen LogP contribution < -0.4 is 14.4 Å². The van der Waals surface area contributed by atoms with Gasteiger partial charge >= 0.3 is 0 Å². The molecule has 1 aliphatic heterocycles. The number of rotatable bonds is 6. The lowest BCUT2D eigenvalue weighted by molar-refractivity contribution is -0.133. The summed E-state index contributed by atoms with van der Waals surface area (Å²) in [5.41, 5.74) is 1.64. The van der Waals surface area contributed by atoms with Gasteiger partial charge in [-0.15, -0.1) is 10.2 Å². The molecule has 0 N–H and O–H groups in total. The van der Waals surface area contributed by atoms with Crippen molar-refractivity contribution in [3.05, 3.63) is 64.6 Å². The molecule has 0 radical (unpaired) electrons. The fourth-order valence-electron chi connectivity index (χ4n) is 3.50. The molecule has 32 heavy (non-hydrogen) atoms. The maximum absolute atomic E-state index is 12.5. The van der Waals surface area contributed by atoms with Gasteiger partial charge in [-0.3, -0.25) is 4.79 Å². The van der Waals surface area contributed by atoms with E-state index in [2.05, 4.69) is 15.1 Å². The van der Waals surface area contributed by atoms with Crippen LogP contribution in [0.5, 0.6) is 11.5 Å². The number of piperazine rings is 1. The Balaban J connectivity index is 1.32. The lowest BCUT2D eigenvalue weighted by Crippen LogP contribution is -2.50. The van der Waals surface area contributed by atoms with Crippen LogP contribution in [-0.4, -0.2) is 60.9 Å². The maximum Gasteiger partial charge on any atom is 0.260 e. The number of hydrogen-bond acceptors (Lipinski definition) is 6. The first-order valence-corrected chi connectivity index (χ1v) is 10.9. The number of carbonyl (C=O) groups is 1. The van der Waals surface area contributed by atoms with Crippen LogP contribution in [0.4, 0.5) is 5.82 Å². The fraction of sp³-hybridized carbons (Fsp3) is 0.261. The molecule has 1 aliphatic rings. The largest absolute Gasteiger partial charge is 0.496 e. The summed E-state index contributed by atoms with van der Waals surface area (Å²) in [4.78, 5) is 16.4. The number of halogens is 2. The van der Waals surface area contributed by atoms with Gasteiger partial charge < -0.3 is 19.3 Å². The van der Waals surface area contributed by atoms with Crippen molar-refractivity contribution in [3.63, 3.8) is 0 Å². The Morgan fingerprint density at radius 3 is 2.41 bits per heavy atom. The van der Waals surface area contributed by atoms with Crippen molar-refractivity contribution in [1.29, 1.82) is 0 Å². The van der Waals surface area contributed by atoms with Crippen LogP contribution in [0.25, 0.3) is 11.3 Å². The van der Waals surface area contributed by atoms with Crippen molar-refractivity contribution in [3.8, 4) is 22.8 Å². The molecule has 0 bridgehead atoms. The summed E-state index contributed by atoms with van der Waals surface area (Å²) in [7, 11) is 1.63. The molecule has 0 aliphatic carbocycles. The molecule has 2 heterocycles. The second-order valence-electron chi connectivity index (χ2n) is 7.19. The summed E-state index contributed by atoms with van der Waals surface area (Å²) in [6.45, 7) is 2.37. The van der Waals surface area contributed by atoms with Crippen LogP contribution in [-0.2, 0) is 4.79 Å². The van der Waals surface area contributed by atoms with Gasteiger partial charge in [-0.1, -0.05) is 41.4 Å². The molecule has 9 heteroatoms. The first-order chi connectivity index (χ1) is 15.6. The molecule has 4 rings (SSSR count). The van der Waals surface area contributed by atoms with Gasteiger partial charge in [-0.05, 0) is 36.4 Å². The van der Waals surface area contributed by atoms with E-state index in [-0.39, 0.29) is 12.5 Å². The smallest absolute Gasteiger partial charge is 0.260 e. The molecule has 1 saturated heterocycles. The zero-order valence-electron chi connectivity index (χ0n) is 17.5. The highest BCUT2D eigenvalue weighted by molar-refractivity contribution is 6.42. The average Bonchev–Trinajstić information content (AvgIpc) is 2.85. The van der Waals surface area contributed by atoms with Crippen LogP contribution in [0.15, 0.2) is 54.6 Å². The predicted molar refractivity (Wildman–Crippen MR) is 125 cm³/mol. The molecule has 0 unspecified atom stereocenters. The number of anilines is 1. The summed E-state index contributed by atoms with van der Waals surface area (Å²) in [6, 6.07) is 16.7. The van der Waals surface area contributed by atoms with E-state index in [0.29, 0.717) is 42.0 Å². The molecular weight excluding hydrogens is 451 g/mol. The van der Waals surface area contributed by atoms with Crippen LogP contribution in [0.2, 0.25) is 10.0 Å². The number of carbonyl (C=O) groups excluding carboxylic acids is 1. The third-order valence-corrected chi connectivity index (χ3v) is 6.06. The van der Waals surface area contributed by atoms with Crippen molar-refractivity contribution in [1.82, 2.24) is 15.1 Å². The highest BCUT2D eigenvalue weighted by atomic mass is 35.5. The maximum atomic E-state index is 12.5. The highest BCUT2D eigenvalue weighted by Crippen LogP contribution is 2.31. The normalized spacial score (nSPS) is 13.7. The zero-order valence-corrected chi connectivity index (χ0v) is 19.0. The third kappa shape index (κ3) is 4.89. The number of nitrogens with zero attached hydrogens (tertiary/aromatic N) is 4. The number of amides is 1. The van der Waals surface area contributed by atoms with E-state index in [1.54, 1.807) is 30.2 Å². The van der Waals surface area contributed by atoms with Crippen molar-refractivity contribution < 1.29 is 14.3 Å². The summed E-state index contributed by atoms with van der Waals surface area (Å²) in [5.74, 6) is 1.83. The van der Waals surface area contributed by atoms with Crippen molar-refractivity contribution in [2.45, 2.75) is 0 Å². The van der Waals surface area contributed by atoms with E-state index in [9.17, 15) is 4.79 Å². The van der Waals surface area contributed by atoms with Gasteiger partial charge in [-0.2, -0.15) is 0 Å². The van der Waals surface area contributed by atoms with E-state index >= 15 is 0 Å². The van der Waals surface area contributed by atoms with Crippen molar-refractivity contribution in [2.24, 2.45) is 0 Å². The lowest BCUT2D eigenvalue weighted by Gasteiger charge is -2.35. The first-order valence-electron chi connectivity index (χ1n) is 10.1. The molecule has 1 aromatic heterocycles. The van der Waals surface area contributed by atoms with E-state index in [4.69, 9.17) is 32.7 Å². The second-order valence-corrected chi connectivity index (χ2v) is 7.97. The number of ether oxygens (including phenoxy) is 2. The Hall–Kier alpha value is -3.03. The molecule has 7 nitrogen and oxygen atoms in total. The van der Waals surface area contributed by atoms with Crippen LogP contribution in [0, 0.1) is 0 Å². The van der Waals surface area contributed by atoms with Crippen molar-refractivity contribution in [2.75, 3.05) is 44.8 Å². The molecule has 3 aromatic rings. The first kappa shape index (κ1) is 22.2. The molecule has 1 amide bonds. The van der Waals surface area contributed by atoms with Crippen LogP contribution >= 0.6 is 23.2 Å². The Morgan fingerprint density at radius 1 is 0.938 bits per heavy atom. The molecule has 0 saturated carbocycles. The van der Waals surface area contributed by atoms with Crippen molar-refractivity contribution >= 4 is 34.9 Å². The minimum atomic E-state index is -0.0988. The number of para-hydroxylation sites is 1. The fourth-order valence-corrected chi connectivity index (χ4v) is 3.85. The predicted octanol–water partition coefficient (Wildman–Crippen LogP) is 4.19. The summed E-state index contributed by atoms with van der Waals surface area (Å²) >= 11 is 12.1. The Bertz CT molecular complexity index is 1090. The topological polar surface area (TPSA) is 67.8 Å². The SMILES string of the molecule is COc1ccccc1-c1ccc(N2CCN(C(=O)COc3cccc(Cl)c3Cl)CC2)nn1. The molecule has 2 aromatic carbocycles. The minimum Gasteiger partial charge on any atom is -0.496 e. The monoisotopic (exact) mass is 472 g/mol. The van der Waals surface area contributed by atoms with E-state index < -0.39 is 0 Å². The highest BCUT2D eigenvalue weighted by Gasteiger charge is 2.23. The van der Waals surface area contributed by atoms with E-state index in [1.165, 1.54) is 0 Å². The van der Waals surface area contributed by atoms with Crippen LogP contribution in [0.3, 0.4) is 0 Å². The Labute approximate surface area is 196 Å². The molecule has 0 atom stereocenters.